The van der Waals surface area contributed by atoms with Crippen LogP contribution >= 0.6 is 23.2 Å². The predicted octanol–water partition coefficient (Wildman–Crippen LogP) is 5.18. The summed E-state index contributed by atoms with van der Waals surface area (Å²) in [6.45, 7) is 1.06. The van der Waals surface area contributed by atoms with Crippen LogP contribution in [0.5, 0.6) is 0 Å². The van der Waals surface area contributed by atoms with Crippen LogP contribution in [-0.4, -0.2) is 13.6 Å². The first-order chi connectivity index (χ1) is 9.70. The van der Waals surface area contributed by atoms with Gasteiger partial charge in [0.25, 0.3) is 0 Å². The Bertz CT molecular complexity index is 528. The van der Waals surface area contributed by atoms with Gasteiger partial charge in [-0.3, -0.25) is 0 Å². The van der Waals surface area contributed by atoms with Gasteiger partial charge in [0.2, 0.25) is 0 Å². The fraction of sp³-hybridized carbons (Fsp3) is 0.529. The van der Waals surface area contributed by atoms with Crippen molar-refractivity contribution in [2.24, 2.45) is 11.8 Å². The van der Waals surface area contributed by atoms with E-state index in [1.54, 1.807) is 11.1 Å². The summed E-state index contributed by atoms with van der Waals surface area (Å²) in [7, 11) is 2.03. The Balaban J connectivity index is 2.03. The van der Waals surface area contributed by atoms with Crippen molar-refractivity contribution in [3.63, 3.8) is 0 Å². The summed E-state index contributed by atoms with van der Waals surface area (Å²) in [6.07, 6.45) is 6.57. The lowest BCUT2D eigenvalue weighted by molar-refractivity contribution is 0.317. The Labute approximate surface area is 131 Å². The van der Waals surface area contributed by atoms with Gasteiger partial charge in [-0.25, -0.2) is 0 Å². The van der Waals surface area contributed by atoms with Gasteiger partial charge < -0.3 is 5.32 Å². The molecule has 3 heteroatoms. The van der Waals surface area contributed by atoms with Gasteiger partial charge in [-0.05, 0) is 80.8 Å². The molecule has 3 aliphatic carbocycles. The van der Waals surface area contributed by atoms with Gasteiger partial charge in [0.05, 0.1) is 10.0 Å². The van der Waals surface area contributed by atoms with Gasteiger partial charge in [0.15, 0.2) is 0 Å². The number of allylic oxidation sites excluding steroid dienone is 1. The summed E-state index contributed by atoms with van der Waals surface area (Å²) in [5, 5.41) is 4.60. The van der Waals surface area contributed by atoms with E-state index in [1.807, 2.05) is 13.1 Å². The van der Waals surface area contributed by atoms with Crippen molar-refractivity contribution in [1.82, 2.24) is 5.32 Å². The quantitative estimate of drug-likeness (QED) is 0.808. The van der Waals surface area contributed by atoms with Crippen LogP contribution in [0.2, 0.25) is 10.0 Å². The highest BCUT2D eigenvalue weighted by Crippen LogP contribution is 2.50. The maximum Gasteiger partial charge on any atom is 0.0598 e. The molecule has 3 aliphatic rings. The highest BCUT2D eigenvalue weighted by molar-refractivity contribution is 6.42. The largest absolute Gasteiger partial charge is 0.319 e. The lowest BCUT2D eigenvalue weighted by atomic mass is 9.64. The molecule has 0 radical (unpaired) electrons. The average Bonchev–Trinajstić information content (AvgIpc) is 2.48. The Morgan fingerprint density at radius 2 is 1.75 bits per heavy atom. The summed E-state index contributed by atoms with van der Waals surface area (Å²) >= 11 is 12.3. The minimum Gasteiger partial charge on any atom is -0.319 e. The Morgan fingerprint density at radius 1 is 1.05 bits per heavy atom. The molecule has 20 heavy (non-hydrogen) atoms. The predicted molar refractivity (Wildman–Crippen MR) is 87.4 cm³/mol. The Kier molecular flexibility index (Phi) is 4.40. The second-order valence-corrected chi connectivity index (χ2v) is 6.78. The van der Waals surface area contributed by atoms with E-state index in [9.17, 15) is 0 Å². The van der Waals surface area contributed by atoms with E-state index in [4.69, 9.17) is 23.2 Å². The maximum atomic E-state index is 6.22. The van der Waals surface area contributed by atoms with Crippen molar-refractivity contribution in [2.45, 2.75) is 32.1 Å². The number of hydrogen-bond donors (Lipinski definition) is 1. The molecule has 4 rings (SSSR count). The molecule has 108 valence electrons. The van der Waals surface area contributed by atoms with Crippen LogP contribution in [0.15, 0.2) is 23.8 Å². The van der Waals surface area contributed by atoms with Gasteiger partial charge in [-0.2, -0.15) is 0 Å². The van der Waals surface area contributed by atoms with Crippen LogP contribution < -0.4 is 5.32 Å². The van der Waals surface area contributed by atoms with E-state index in [-0.39, 0.29) is 0 Å². The van der Waals surface area contributed by atoms with Gasteiger partial charge in [0.1, 0.15) is 0 Å². The number of fused-ring (bicyclic) bond motifs is 2. The van der Waals surface area contributed by atoms with Crippen LogP contribution in [0.1, 0.15) is 37.7 Å². The number of hydrogen-bond acceptors (Lipinski definition) is 1. The van der Waals surface area contributed by atoms with Crippen molar-refractivity contribution in [3.05, 3.63) is 39.4 Å². The third kappa shape index (κ3) is 2.64. The molecule has 0 saturated heterocycles. The normalized spacial score (nSPS) is 25.4. The number of halogens is 2. The zero-order valence-electron chi connectivity index (χ0n) is 11.9. The third-order valence-electron chi connectivity index (χ3n) is 4.85. The highest BCUT2D eigenvalue weighted by Gasteiger charge is 2.35. The van der Waals surface area contributed by atoms with Gasteiger partial charge in [0, 0.05) is 0 Å². The second kappa shape index (κ2) is 6.09. The first-order valence-electron chi connectivity index (χ1n) is 7.53. The molecule has 0 aromatic heterocycles. The molecule has 0 amide bonds. The van der Waals surface area contributed by atoms with Crippen molar-refractivity contribution in [1.29, 1.82) is 0 Å². The molecule has 1 saturated carbocycles. The van der Waals surface area contributed by atoms with E-state index in [0.717, 1.165) is 24.8 Å². The molecule has 0 aliphatic heterocycles. The van der Waals surface area contributed by atoms with E-state index in [2.05, 4.69) is 17.4 Å². The van der Waals surface area contributed by atoms with Gasteiger partial charge in [-0.15, -0.1) is 0 Å². The summed E-state index contributed by atoms with van der Waals surface area (Å²) < 4.78 is 0. The standard InChI is InChI=1S/C17H21Cl2N/c1-20-9-8-14-11-2-4-12(5-3-11)17(14)13-6-7-15(18)16(19)10-13/h6-7,10-12,20H,2-5,8-9H2,1H3. The number of rotatable bonds is 4. The molecule has 1 N–H and O–H groups in total. The van der Waals surface area contributed by atoms with E-state index in [1.165, 1.54) is 31.2 Å². The van der Waals surface area contributed by atoms with Crippen molar-refractivity contribution in [3.8, 4) is 0 Å². The first kappa shape index (κ1) is 14.4. The van der Waals surface area contributed by atoms with Crippen LogP contribution in [0, 0.1) is 11.8 Å². The zero-order chi connectivity index (χ0) is 14.1. The van der Waals surface area contributed by atoms with Crippen LogP contribution in [0.25, 0.3) is 5.57 Å². The molecule has 0 heterocycles. The van der Waals surface area contributed by atoms with Crippen molar-refractivity contribution < 1.29 is 0 Å². The second-order valence-electron chi connectivity index (χ2n) is 5.97. The van der Waals surface area contributed by atoms with Gasteiger partial charge in [-0.1, -0.05) is 34.8 Å². The minimum atomic E-state index is 0.647. The lowest BCUT2D eigenvalue weighted by Gasteiger charge is -2.41. The van der Waals surface area contributed by atoms with Crippen LogP contribution in [0.3, 0.4) is 0 Å². The fourth-order valence-electron chi connectivity index (χ4n) is 3.90. The molecule has 1 nitrogen and oxygen atoms in total. The Morgan fingerprint density at radius 3 is 2.40 bits per heavy atom. The van der Waals surface area contributed by atoms with E-state index < -0.39 is 0 Å². The molecule has 1 aromatic rings. The topological polar surface area (TPSA) is 12.0 Å². The molecule has 0 unspecified atom stereocenters. The van der Waals surface area contributed by atoms with Crippen LogP contribution in [-0.2, 0) is 0 Å². The van der Waals surface area contributed by atoms with Gasteiger partial charge >= 0.3 is 0 Å². The fourth-order valence-corrected chi connectivity index (χ4v) is 4.19. The Hall–Kier alpha value is -0.500. The molecule has 1 fully saturated rings. The number of nitrogens with one attached hydrogen (secondary N) is 1. The molecule has 0 atom stereocenters. The summed E-state index contributed by atoms with van der Waals surface area (Å²) in [4.78, 5) is 0. The van der Waals surface area contributed by atoms with Crippen molar-refractivity contribution >= 4 is 28.8 Å². The van der Waals surface area contributed by atoms with Crippen LogP contribution in [0.4, 0.5) is 0 Å². The average molecular weight is 310 g/mol. The zero-order valence-corrected chi connectivity index (χ0v) is 13.4. The third-order valence-corrected chi connectivity index (χ3v) is 5.59. The lowest BCUT2D eigenvalue weighted by Crippen LogP contribution is -2.27. The summed E-state index contributed by atoms with van der Waals surface area (Å²) in [5.41, 5.74) is 4.53. The molecule has 1 aromatic carbocycles. The molecule has 0 spiro atoms. The maximum absolute atomic E-state index is 6.22. The molecule has 2 bridgehead atoms. The van der Waals surface area contributed by atoms with Crippen molar-refractivity contribution in [2.75, 3.05) is 13.6 Å². The first-order valence-corrected chi connectivity index (χ1v) is 8.29. The van der Waals surface area contributed by atoms with E-state index in [0.29, 0.717) is 10.0 Å². The van der Waals surface area contributed by atoms with E-state index >= 15 is 0 Å². The highest BCUT2D eigenvalue weighted by atomic mass is 35.5. The monoisotopic (exact) mass is 309 g/mol. The smallest absolute Gasteiger partial charge is 0.0598 e. The summed E-state index contributed by atoms with van der Waals surface area (Å²) in [6, 6.07) is 6.13. The number of benzene rings is 1. The minimum absolute atomic E-state index is 0.647. The summed E-state index contributed by atoms with van der Waals surface area (Å²) in [5.74, 6) is 1.52. The molecular formula is C17H21Cl2N. The molecular weight excluding hydrogens is 289 g/mol. The SMILES string of the molecule is CNCCC1=C(c2ccc(Cl)c(Cl)c2)C2CCC1CC2.